The molecule has 6 rings (SSSR count). The Hall–Kier alpha value is -3.19. The number of fused-ring (bicyclic) bond motifs is 3. The zero-order valence-electron chi connectivity index (χ0n) is 17.6. The number of benzene rings is 1. The van der Waals surface area contributed by atoms with Crippen molar-refractivity contribution in [3.05, 3.63) is 48.9 Å². The van der Waals surface area contributed by atoms with Crippen LogP contribution in [0.2, 0.25) is 0 Å². The maximum absolute atomic E-state index is 10.7. The number of aryl methyl sites for hydroxylation is 1. The van der Waals surface area contributed by atoms with Gasteiger partial charge in [0.1, 0.15) is 5.75 Å². The van der Waals surface area contributed by atoms with E-state index in [0.29, 0.717) is 29.4 Å². The molecule has 0 aliphatic carbocycles. The van der Waals surface area contributed by atoms with E-state index in [9.17, 15) is 5.11 Å². The minimum atomic E-state index is 0.195. The maximum Gasteiger partial charge on any atom is 0.162 e. The molecule has 7 heteroatoms. The first-order chi connectivity index (χ1) is 15.1. The summed E-state index contributed by atoms with van der Waals surface area (Å²) in [5.41, 5.74) is 4.19. The largest absolute Gasteiger partial charge is 0.507 e. The first-order valence-electron chi connectivity index (χ1n) is 11.1. The third-order valence-electron chi connectivity index (χ3n) is 6.86. The van der Waals surface area contributed by atoms with Gasteiger partial charge in [-0.3, -0.25) is 4.68 Å². The maximum atomic E-state index is 10.7. The number of phenolic OH excluding ortho intramolecular Hbond substituents is 1. The summed E-state index contributed by atoms with van der Waals surface area (Å²) in [5.74, 6) is 0.195. The summed E-state index contributed by atoms with van der Waals surface area (Å²) in [6.07, 6.45) is 12.1. The third-order valence-corrected chi connectivity index (χ3v) is 6.86. The van der Waals surface area contributed by atoms with Crippen LogP contribution in [0.25, 0.3) is 33.4 Å². The summed E-state index contributed by atoms with van der Waals surface area (Å²) < 4.78 is 4.06. The summed E-state index contributed by atoms with van der Waals surface area (Å²) in [6, 6.07) is 11.5. The molecule has 1 unspecified atom stereocenters. The lowest BCUT2D eigenvalue weighted by Crippen LogP contribution is -2.48. The van der Waals surface area contributed by atoms with E-state index in [1.54, 1.807) is 16.9 Å². The molecule has 2 saturated heterocycles. The number of hydrogen-bond acceptors (Lipinski definition) is 5. The Morgan fingerprint density at radius 2 is 1.87 bits per heavy atom. The van der Waals surface area contributed by atoms with E-state index in [4.69, 9.17) is 0 Å². The average Bonchev–Trinajstić information content (AvgIpc) is 3.39. The lowest BCUT2D eigenvalue weighted by Gasteiger charge is -2.40. The predicted molar refractivity (Wildman–Crippen MR) is 120 cm³/mol. The van der Waals surface area contributed by atoms with Crippen molar-refractivity contribution in [1.82, 2.24) is 29.9 Å². The van der Waals surface area contributed by atoms with Crippen molar-refractivity contribution in [2.45, 2.75) is 50.2 Å². The predicted octanol–water partition coefficient (Wildman–Crippen LogP) is 4.05. The Balaban J connectivity index is 1.31. The van der Waals surface area contributed by atoms with Crippen LogP contribution in [0.1, 0.15) is 38.1 Å². The zero-order chi connectivity index (χ0) is 20.9. The number of nitrogens with one attached hydrogen (secondary N) is 1. The number of piperidine rings is 2. The molecule has 2 aliphatic rings. The Morgan fingerprint density at radius 1 is 1.03 bits per heavy atom. The van der Waals surface area contributed by atoms with Crippen LogP contribution in [0.4, 0.5) is 0 Å². The molecule has 2 bridgehead atoms. The molecule has 0 spiro atoms. The van der Waals surface area contributed by atoms with Crippen molar-refractivity contribution in [3.63, 3.8) is 0 Å². The van der Waals surface area contributed by atoms with Gasteiger partial charge in [-0.25, -0.2) is 0 Å². The molecule has 31 heavy (non-hydrogen) atoms. The van der Waals surface area contributed by atoms with Crippen LogP contribution in [0, 0.1) is 0 Å². The second kappa shape index (κ2) is 7.20. The van der Waals surface area contributed by atoms with Crippen molar-refractivity contribution in [1.29, 1.82) is 0 Å². The van der Waals surface area contributed by atoms with Gasteiger partial charge in [0.25, 0.3) is 0 Å². The summed E-state index contributed by atoms with van der Waals surface area (Å²) in [6.45, 7) is 0. The molecular formula is C24H26N6O. The van der Waals surface area contributed by atoms with Crippen LogP contribution in [0.5, 0.6) is 5.75 Å². The standard InChI is InChI=1S/C24H26N6O/c1-29-14-17(13-25-29)15-5-6-21(23(31)10-15)22-9-16-7-8-30(24(16)28-27-22)20-11-18-3-2-4-19(12-20)26-18/h5-10,13-14,18-20,26,31H,2-4,11-12H2,1H3/t18-,19?,20-/m0/s1. The molecule has 3 aromatic heterocycles. The minimum absolute atomic E-state index is 0.195. The van der Waals surface area contributed by atoms with E-state index in [1.165, 1.54) is 19.3 Å². The lowest BCUT2D eigenvalue weighted by atomic mass is 9.84. The highest BCUT2D eigenvalue weighted by molar-refractivity contribution is 5.82. The summed E-state index contributed by atoms with van der Waals surface area (Å²) in [7, 11) is 1.88. The molecule has 0 radical (unpaired) electrons. The van der Waals surface area contributed by atoms with Crippen molar-refractivity contribution < 1.29 is 5.11 Å². The summed E-state index contributed by atoms with van der Waals surface area (Å²) >= 11 is 0. The van der Waals surface area contributed by atoms with Gasteiger partial charge in [-0.05, 0) is 55.5 Å². The van der Waals surface area contributed by atoms with Gasteiger partial charge in [0.15, 0.2) is 5.65 Å². The van der Waals surface area contributed by atoms with E-state index < -0.39 is 0 Å². The van der Waals surface area contributed by atoms with E-state index in [2.05, 4.69) is 37.4 Å². The highest BCUT2D eigenvalue weighted by atomic mass is 16.3. The number of hydrogen-bond donors (Lipinski definition) is 2. The van der Waals surface area contributed by atoms with Gasteiger partial charge in [0.2, 0.25) is 0 Å². The highest BCUT2D eigenvalue weighted by Gasteiger charge is 2.32. The van der Waals surface area contributed by atoms with Gasteiger partial charge in [0.05, 0.1) is 11.9 Å². The molecule has 158 valence electrons. The third kappa shape index (κ3) is 3.29. The Labute approximate surface area is 180 Å². The fourth-order valence-electron chi connectivity index (χ4n) is 5.34. The molecular weight excluding hydrogens is 388 g/mol. The van der Waals surface area contributed by atoms with Gasteiger partial charge < -0.3 is 15.0 Å². The molecule has 0 saturated carbocycles. The van der Waals surface area contributed by atoms with E-state index in [-0.39, 0.29) is 5.75 Å². The van der Waals surface area contributed by atoms with Crippen LogP contribution in [0.15, 0.2) is 48.9 Å². The summed E-state index contributed by atoms with van der Waals surface area (Å²) in [5, 5.41) is 28.8. The first-order valence-corrected chi connectivity index (χ1v) is 11.1. The van der Waals surface area contributed by atoms with Crippen LogP contribution in [0.3, 0.4) is 0 Å². The normalized spacial score (nSPS) is 23.3. The monoisotopic (exact) mass is 414 g/mol. The van der Waals surface area contributed by atoms with Crippen molar-refractivity contribution in [2.24, 2.45) is 7.05 Å². The average molecular weight is 415 g/mol. The van der Waals surface area contributed by atoms with E-state index in [1.807, 2.05) is 31.4 Å². The topological polar surface area (TPSA) is 80.8 Å². The smallest absolute Gasteiger partial charge is 0.162 e. The van der Waals surface area contributed by atoms with Crippen LogP contribution in [-0.4, -0.2) is 41.7 Å². The molecule has 1 aromatic carbocycles. The van der Waals surface area contributed by atoms with Gasteiger partial charge in [-0.15, -0.1) is 10.2 Å². The summed E-state index contributed by atoms with van der Waals surface area (Å²) in [4.78, 5) is 0. The lowest BCUT2D eigenvalue weighted by molar-refractivity contribution is 0.190. The Bertz CT molecular complexity index is 1250. The van der Waals surface area contributed by atoms with E-state index >= 15 is 0 Å². The Morgan fingerprint density at radius 3 is 2.61 bits per heavy atom. The van der Waals surface area contributed by atoms with Crippen LogP contribution in [-0.2, 0) is 7.05 Å². The molecule has 3 atom stereocenters. The second-order valence-electron chi connectivity index (χ2n) is 8.98. The molecule has 4 aromatic rings. The first kappa shape index (κ1) is 18.6. The second-order valence-corrected chi connectivity index (χ2v) is 8.98. The molecule has 0 amide bonds. The Kier molecular flexibility index (Phi) is 4.31. The van der Waals surface area contributed by atoms with Crippen molar-refractivity contribution >= 4 is 11.0 Å². The van der Waals surface area contributed by atoms with E-state index in [0.717, 1.165) is 35.0 Å². The minimum Gasteiger partial charge on any atom is -0.507 e. The van der Waals surface area contributed by atoms with Crippen molar-refractivity contribution in [2.75, 3.05) is 0 Å². The van der Waals surface area contributed by atoms with Gasteiger partial charge in [-0.1, -0.05) is 12.5 Å². The van der Waals surface area contributed by atoms with Crippen molar-refractivity contribution in [3.8, 4) is 28.1 Å². The number of nitrogens with zero attached hydrogens (tertiary/aromatic N) is 5. The molecule has 5 heterocycles. The quantitative estimate of drug-likeness (QED) is 0.529. The molecule has 2 N–H and O–H groups in total. The SMILES string of the molecule is Cn1cc(-c2ccc(-c3cc4ccn([C@@H]5CC6CCC[C@@H](C5)N6)c4nn3)c(O)c2)cn1. The van der Waals surface area contributed by atoms with Gasteiger partial charge >= 0.3 is 0 Å². The molecule has 7 nitrogen and oxygen atoms in total. The molecule has 2 aliphatic heterocycles. The number of aromatic nitrogens is 5. The molecule has 2 fully saturated rings. The van der Waals surface area contributed by atoms with Gasteiger partial charge in [-0.2, -0.15) is 5.10 Å². The fourth-order valence-corrected chi connectivity index (χ4v) is 5.34. The highest BCUT2D eigenvalue weighted by Crippen LogP contribution is 2.36. The zero-order valence-corrected chi connectivity index (χ0v) is 17.6. The number of aromatic hydroxyl groups is 1. The number of phenols is 1. The van der Waals surface area contributed by atoms with Crippen LogP contribution >= 0.6 is 0 Å². The van der Waals surface area contributed by atoms with Crippen LogP contribution < -0.4 is 5.32 Å². The fraction of sp³-hybridized carbons (Fsp3) is 0.375. The van der Waals surface area contributed by atoms with Gasteiger partial charge in [0, 0.05) is 54.1 Å². The number of rotatable bonds is 3.